The highest BCUT2D eigenvalue weighted by Gasteiger charge is 2.10. The average Bonchev–Trinajstić information content (AvgIpc) is 2.55. The zero-order valence-electron chi connectivity index (χ0n) is 12.5. The number of aliphatic carboxylic acids is 1. The minimum absolute atomic E-state index is 0.0533. The number of hydrogen-bond donors (Lipinski definition) is 3. The van der Waals surface area contributed by atoms with Crippen molar-refractivity contribution in [2.45, 2.75) is 6.42 Å². The number of amides is 2. The molecule has 0 aliphatic heterocycles. The molecule has 2 aromatic rings. The predicted octanol–water partition coefficient (Wildman–Crippen LogP) is 1.73. The lowest BCUT2D eigenvalue weighted by Crippen LogP contribution is -2.30. The fourth-order valence-electron chi connectivity index (χ4n) is 1.89. The Labute approximate surface area is 142 Å². The van der Waals surface area contributed by atoms with Gasteiger partial charge in [-0.3, -0.25) is 19.4 Å². The SMILES string of the molecule is O=C(O)CNC(=O)Cc1ccc(NC(=O)c2ccncc2Cl)cc1. The van der Waals surface area contributed by atoms with Gasteiger partial charge in [-0.15, -0.1) is 0 Å². The second kappa shape index (κ2) is 8.07. The number of nitrogens with zero attached hydrogens (tertiary/aromatic N) is 1. The molecule has 1 heterocycles. The summed E-state index contributed by atoms with van der Waals surface area (Å²) in [5.74, 6) is -1.86. The minimum atomic E-state index is -1.10. The number of halogens is 1. The van der Waals surface area contributed by atoms with Crippen molar-refractivity contribution in [3.8, 4) is 0 Å². The molecular weight excluding hydrogens is 334 g/mol. The molecule has 8 heteroatoms. The monoisotopic (exact) mass is 347 g/mol. The van der Waals surface area contributed by atoms with E-state index in [1.54, 1.807) is 24.3 Å². The molecule has 0 saturated heterocycles. The number of aromatic nitrogens is 1. The van der Waals surface area contributed by atoms with Gasteiger partial charge in [-0.2, -0.15) is 0 Å². The van der Waals surface area contributed by atoms with Gasteiger partial charge < -0.3 is 15.7 Å². The molecule has 124 valence electrons. The normalized spacial score (nSPS) is 10.0. The number of carboxylic acids is 1. The quantitative estimate of drug-likeness (QED) is 0.737. The summed E-state index contributed by atoms with van der Waals surface area (Å²) < 4.78 is 0. The van der Waals surface area contributed by atoms with Crippen LogP contribution in [0.4, 0.5) is 5.69 Å². The number of carboxylic acid groups (broad SMARTS) is 1. The first-order chi connectivity index (χ1) is 11.5. The number of hydrogen-bond acceptors (Lipinski definition) is 4. The molecule has 0 aliphatic rings. The highest BCUT2D eigenvalue weighted by molar-refractivity contribution is 6.34. The Hall–Kier alpha value is -2.93. The van der Waals surface area contributed by atoms with E-state index >= 15 is 0 Å². The van der Waals surface area contributed by atoms with Gasteiger partial charge in [-0.25, -0.2) is 0 Å². The third-order valence-electron chi connectivity index (χ3n) is 3.03. The molecule has 7 nitrogen and oxygen atoms in total. The molecule has 0 aliphatic carbocycles. The van der Waals surface area contributed by atoms with Crippen LogP contribution >= 0.6 is 11.6 Å². The highest BCUT2D eigenvalue weighted by atomic mass is 35.5. The lowest BCUT2D eigenvalue weighted by Gasteiger charge is -2.08. The van der Waals surface area contributed by atoms with Gasteiger partial charge >= 0.3 is 5.97 Å². The van der Waals surface area contributed by atoms with Gasteiger partial charge in [0.1, 0.15) is 6.54 Å². The zero-order valence-corrected chi connectivity index (χ0v) is 13.2. The topological polar surface area (TPSA) is 108 Å². The summed E-state index contributed by atoms with van der Waals surface area (Å²) in [4.78, 5) is 37.8. The summed E-state index contributed by atoms with van der Waals surface area (Å²) in [6.07, 6.45) is 2.91. The lowest BCUT2D eigenvalue weighted by molar-refractivity contribution is -0.137. The van der Waals surface area contributed by atoms with E-state index in [1.807, 2.05) is 0 Å². The van der Waals surface area contributed by atoms with E-state index in [2.05, 4.69) is 15.6 Å². The summed E-state index contributed by atoms with van der Waals surface area (Å²) in [6.45, 7) is -0.417. The zero-order chi connectivity index (χ0) is 17.5. The van der Waals surface area contributed by atoms with Crippen LogP contribution in [0.15, 0.2) is 42.7 Å². The van der Waals surface area contributed by atoms with Crippen molar-refractivity contribution in [1.82, 2.24) is 10.3 Å². The van der Waals surface area contributed by atoms with E-state index < -0.39 is 18.4 Å². The van der Waals surface area contributed by atoms with Crippen LogP contribution in [0.1, 0.15) is 15.9 Å². The molecule has 1 aromatic heterocycles. The third kappa shape index (κ3) is 5.06. The third-order valence-corrected chi connectivity index (χ3v) is 3.33. The van der Waals surface area contributed by atoms with Crippen LogP contribution in [-0.4, -0.2) is 34.4 Å². The summed E-state index contributed by atoms with van der Waals surface area (Å²) in [5, 5.41) is 13.7. The highest BCUT2D eigenvalue weighted by Crippen LogP contribution is 2.16. The largest absolute Gasteiger partial charge is 0.480 e. The van der Waals surface area contributed by atoms with Gasteiger partial charge in [0, 0.05) is 18.1 Å². The molecule has 1 aromatic carbocycles. The van der Waals surface area contributed by atoms with E-state index in [0.717, 1.165) is 0 Å². The maximum Gasteiger partial charge on any atom is 0.322 e. The fourth-order valence-corrected chi connectivity index (χ4v) is 2.09. The van der Waals surface area contributed by atoms with Gasteiger partial charge in [0.2, 0.25) is 5.91 Å². The van der Waals surface area contributed by atoms with Crippen molar-refractivity contribution in [3.63, 3.8) is 0 Å². The first-order valence-electron chi connectivity index (χ1n) is 6.94. The van der Waals surface area contributed by atoms with Crippen LogP contribution in [0.5, 0.6) is 0 Å². The van der Waals surface area contributed by atoms with Crippen LogP contribution < -0.4 is 10.6 Å². The van der Waals surface area contributed by atoms with Crippen molar-refractivity contribution in [1.29, 1.82) is 0 Å². The van der Waals surface area contributed by atoms with Gasteiger partial charge in [0.25, 0.3) is 5.91 Å². The Morgan fingerprint density at radius 3 is 2.46 bits per heavy atom. The van der Waals surface area contributed by atoms with E-state index in [-0.39, 0.29) is 17.4 Å². The molecule has 0 atom stereocenters. The lowest BCUT2D eigenvalue weighted by atomic mass is 10.1. The Morgan fingerprint density at radius 2 is 1.83 bits per heavy atom. The molecule has 0 saturated carbocycles. The summed E-state index contributed by atoms with van der Waals surface area (Å²) in [6, 6.07) is 8.15. The molecule has 0 fully saturated rings. The van der Waals surface area contributed by atoms with Gasteiger partial charge in [0.15, 0.2) is 0 Å². The smallest absolute Gasteiger partial charge is 0.322 e. The molecule has 3 N–H and O–H groups in total. The molecule has 24 heavy (non-hydrogen) atoms. The first-order valence-corrected chi connectivity index (χ1v) is 7.32. The second-order valence-electron chi connectivity index (χ2n) is 4.85. The van der Waals surface area contributed by atoms with Crippen molar-refractivity contribution in [2.24, 2.45) is 0 Å². The summed E-state index contributed by atoms with van der Waals surface area (Å²) in [5.41, 5.74) is 1.55. The second-order valence-corrected chi connectivity index (χ2v) is 5.26. The molecule has 0 unspecified atom stereocenters. The van der Waals surface area contributed by atoms with Crippen LogP contribution in [0.25, 0.3) is 0 Å². The number of pyridine rings is 1. The molecule has 2 rings (SSSR count). The molecule has 0 spiro atoms. The van der Waals surface area contributed by atoms with Crippen LogP contribution in [0.3, 0.4) is 0 Å². The van der Waals surface area contributed by atoms with E-state index in [4.69, 9.17) is 16.7 Å². The number of carbonyl (C=O) groups excluding carboxylic acids is 2. The number of benzene rings is 1. The van der Waals surface area contributed by atoms with Crippen molar-refractivity contribution in [2.75, 3.05) is 11.9 Å². The first kappa shape index (κ1) is 17.4. The maximum atomic E-state index is 12.1. The molecule has 0 bridgehead atoms. The Balaban J connectivity index is 1.95. The standard InChI is InChI=1S/C16H14ClN3O4/c17-13-8-18-6-5-12(13)16(24)20-11-3-1-10(2-4-11)7-14(21)19-9-15(22)23/h1-6,8H,7,9H2,(H,19,21)(H,20,24)(H,22,23). The number of nitrogens with one attached hydrogen (secondary N) is 2. The number of rotatable bonds is 6. The van der Waals surface area contributed by atoms with Crippen molar-refractivity contribution >= 4 is 35.1 Å². The molecular formula is C16H14ClN3O4. The Kier molecular flexibility index (Phi) is 5.86. The van der Waals surface area contributed by atoms with Gasteiger partial charge in [-0.05, 0) is 23.8 Å². The molecule has 2 amide bonds. The average molecular weight is 348 g/mol. The van der Waals surface area contributed by atoms with E-state index in [9.17, 15) is 14.4 Å². The van der Waals surface area contributed by atoms with Crippen molar-refractivity contribution < 1.29 is 19.5 Å². The van der Waals surface area contributed by atoms with E-state index in [1.165, 1.54) is 18.5 Å². The van der Waals surface area contributed by atoms with Gasteiger partial charge in [-0.1, -0.05) is 23.7 Å². The minimum Gasteiger partial charge on any atom is -0.480 e. The van der Waals surface area contributed by atoms with Crippen LogP contribution in [-0.2, 0) is 16.0 Å². The number of anilines is 1. The van der Waals surface area contributed by atoms with Crippen LogP contribution in [0, 0.1) is 0 Å². The Morgan fingerprint density at radius 1 is 1.12 bits per heavy atom. The molecule has 0 radical (unpaired) electrons. The maximum absolute atomic E-state index is 12.1. The number of carbonyl (C=O) groups is 3. The van der Waals surface area contributed by atoms with Crippen molar-refractivity contribution in [3.05, 3.63) is 58.9 Å². The fraction of sp³-hybridized carbons (Fsp3) is 0.125. The van der Waals surface area contributed by atoms with Crippen LogP contribution in [0.2, 0.25) is 5.02 Å². The predicted molar refractivity (Wildman–Crippen MR) is 88.0 cm³/mol. The summed E-state index contributed by atoms with van der Waals surface area (Å²) >= 11 is 5.91. The van der Waals surface area contributed by atoms with E-state index in [0.29, 0.717) is 16.8 Å². The Bertz CT molecular complexity index is 762. The summed E-state index contributed by atoms with van der Waals surface area (Å²) in [7, 11) is 0. The van der Waals surface area contributed by atoms with Gasteiger partial charge in [0.05, 0.1) is 17.0 Å².